The summed E-state index contributed by atoms with van der Waals surface area (Å²) in [5, 5.41) is 1.43. The zero-order chi connectivity index (χ0) is 24.3. The molecule has 1 N–H and O–H groups in total. The Morgan fingerprint density at radius 3 is 1.90 bits per heavy atom. The number of alkyl halides is 9. The molecule has 0 aliphatic rings. The Morgan fingerprint density at radius 1 is 0.935 bits per heavy atom. The summed E-state index contributed by atoms with van der Waals surface area (Å²) in [7, 11) is 0.583. The van der Waals surface area contributed by atoms with Crippen molar-refractivity contribution in [1.82, 2.24) is 5.32 Å². The van der Waals surface area contributed by atoms with Gasteiger partial charge in [-0.1, -0.05) is 37.3 Å². The van der Waals surface area contributed by atoms with Crippen molar-refractivity contribution in [3.05, 3.63) is 35.9 Å². The number of carbonyl (C=O) groups is 2. The molecule has 0 bridgehead atoms. The van der Waals surface area contributed by atoms with Crippen LogP contribution in [0.2, 0.25) is 0 Å². The van der Waals surface area contributed by atoms with Crippen LogP contribution in [0.15, 0.2) is 30.3 Å². The number of nitrogens with one attached hydrogen (secondary N) is 1. The van der Waals surface area contributed by atoms with E-state index in [2.05, 4.69) is 9.47 Å². The SMILES string of the molecule is COC(=O)C(NC(=O)OCc1ccccc1)C(C)C(F)(F)C(F)(F)C(F)(F)C(F)(F)F. The molecule has 2 unspecified atom stereocenters. The normalized spacial score (nSPS) is 15.1. The van der Waals surface area contributed by atoms with E-state index in [1.54, 1.807) is 18.2 Å². The van der Waals surface area contributed by atoms with Crippen LogP contribution >= 0.6 is 0 Å². The number of rotatable bonds is 8. The Bertz CT molecular complexity index is 769. The number of halogens is 9. The molecule has 0 aliphatic carbocycles. The van der Waals surface area contributed by atoms with Gasteiger partial charge in [-0.2, -0.15) is 39.5 Å². The van der Waals surface area contributed by atoms with Crippen LogP contribution in [-0.2, 0) is 20.9 Å². The topological polar surface area (TPSA) is 64.6 Å². The van der Waals surface area contributed by atoms with Gasteiger partial charge < -0.3 is 14.8 Å². The van der Waals surface area contributed by atoms with Crippen LogP contribution in [0.1, 0.15) is 12.5 Å². The first-order chi connectivity index (χ1) is 14.0. The van der Waals surface area contributed by atoms with E-state index in [0.717, 1.165) is 0 Å². The van der Waals surface area contributed by atoms with E-state index in [0.29, 0.717) is 12.7 Å². The molecule has 1 aromatic rings. The Labute approximate surface area is 169 Å². The number of esters is 1. The predicted molar refractivity (Wildman–Crippen MR) is 85.6 cm³/mol. The van der Waals surface area contributed by atoms with Gasteiger partial charge in [0.2, 0.25) is 0 Å². The average molecular weight is 469 g/mol. The van der Waals surface area contributed by atoms with Gasteiger partial charge in [-0.25, -0.2) is 9.59 Å². The molecular weight excluding hydrogens is 453 g/mol. The molecule has 0 saturated heterocycles. The standard InChI is InChI=1S/C17H16F9NO4/c1-9(14(18,19)15(20,21)16(22,23)17(24,25)26)11(12(28)30-2)27-13(29)31-8-10-6-4-3-5-7-10/h3-7,9,11H,8H2,1-2H3,(H,27,29). The first-order valence-corrected chi connectivity index (χ1v) is 8.26. The monoisotopic (exact) mass is 469 g/mol. The summed E-state index contributed by atoms with van der Waals surface area (Å²) >= 11 is 0. The van der Waals surface area contributed by atoms with E-state index in [1.807, 2.05) is 0 Å². The Kier molecular flexibility index (Phi) is 7.84. The van der Waals surface area contributed by atoms with E-state index < -0.39 is 54.6 Å². The molecule has 14 heteroatoms. The van der Waals surface area contributed by atoms with E-state index in [4.69, 9.17) is 0 Å². The average Bonchev–Trinajstić information content (AvgIpc) is 2.68. The van der Waals surface area contributed by atoms with Gasteiger partial charge in [-0.3, -0.25) is 0 Å². The molecule has 0 saturated carbocycles. The molecule has 1 rings (SSSR count). The van der Waals surface area contributed by atoms with Crippen molar-refractivity contribution in [2.24, 2.45) is 5.92 Å². The molecule has 5 nitrogen and oxygen atoms in total. The molecule has 0 radical (unpaired) electrons. The third-order valence-electron chi connectivity index (χ3n) is 4.18. The minimum absolute atomic E-state index is 0.0689. The van der Waals surface area contributed by atoms with Crippen LogP contribution in [0.5, 0.6) is 0 Å². The summed E-state index contributed by atoms with van der Waals surface area (Å²) in [5.74, 6) is -25.3. The molecule has 0 aromatic heterocycles. The van der Waals surface area contributed by atoms with Crippen molar-refractivity contribution in [2.75, 3.05) is 7.11 Å². The highest BCUT2D eigenvalue weighted by atomic mass is 19.4. The van der Waals surface area contributed by atoms with Crippen LogP contribution in [0, 0.1) is 5.92 Å². The lowest BCUT2D eigenvalue weighted by Crippen LogP contribution is -2.65. The Hall–Kier alpha value is -2.67. The smallest absolute Gasteiger partial charge is 0.460 e. The van der Waals surface area contributed by atoms with Gasteiger partial charge in [-0.15, -0.1) is 0 Å². The fourth-order valence-electron chi connectivity index (χ4n) is 2.29. The van der Waals surface area contributed by atoms with Gasteiger partial charge in [0.25, 0.3) is 0 Å². The van der Waals surface area contributed by atoms with E-state index >= 15 is 0 Å². The van der Waals surface area contributed by atoms with Crippen molar-refractivity contribution in [1.29, 1.82) is 0 Å². The number of alkyl carbamates (subject to hydrolysis) is 1. The van der Waals surface area contributed by atoms with Crippen molar-refractivity contribution in [3.8, 4) is 0 Å². The molecule has 1 aromatic carbocycles. The predicted octanol–water partition coefficient (Wildman–Crippen LogP) is 4.56. The van der Waals surface area contributed by atoms with Crippen LogP contribution in [-0.4, -0.2) is 49.2 Å². The van der Waals surface area contributed by atoms with Crippen molar-refractivity contribution >= 4 is 12.1 Å². The van der Waals surface area contributed by atoms with Crippen LogP contribution < -0.4 is 5.32 Å². The van der Waals surface area contributed by atoms with Gasteiger partial charge in [0.1, 0.15) is 12.6 Å². The number of amides is 1. The lowest BCUT2D eigenvalue weighted by molar-refractivity contribution is -0.403. The number of hydrogen-bond acceptors (Lipinski definition) is 4. The number of hydrogen-bond donors (Lipinski definition) is 1. The number of benzene rings is 1. The molecule has 2 atom stereocenters. The van der Waals surface area contributed by atoms with Gasteiger partial charge in [0.15, 0.2) is 0 Å². The van der Waals surface area contributed by atoms with E-state index in [1.165, 1.54) is 17.4 Å². The second-order valence-corrected chi connectivity index (χ2v) is 6.27. The second kappa shape index (κ2) is 9.22. The molecule has 176 valence electrons. The Morgan fingerprint density at radius 2 is 1.45 bits per heavy atom. The van der Waals surface area contributed by atoms with Crippen molar-refractivity contribution in [2.45, 2.75) is 43.5 Å². The van der Waals surface area contributed by atoms with Gasteiger partial charge in [-0.05, 0) is 5.56 Å². The lowest BCUT2D eigenvalue weighted by atomic mass is 9.87. The second-order valence-electron chi connectivity index (χ2n) is 6.27. The van der Waals surface area contributed by atoms with Crippen LogP contribution in [0.3, 0.4) is 0 Å². The van der Waals surface area contributed by atoms with Gasteiger partial charge in [0.05, 0.1) is 13.0 Å². The van der Waals surface area contributed by atoms with Crippen molar-refractivity contribution < 1.29 is 58.6 Å². The summed E-state index contributed by atoms with van der Waals surface area (Å²) < 4.78 is 127. The molecule has 1 amide bonds. The van der Waals surface area contributed by atoms with Crippen molar-refractivity contribution in [3.63, 3.8) is 0 Å². The highest BCUT2D eigenvalue weighted by molar-refractivity contribution is 5.81. The molecule has 31 heavy (non-hydrogen) atoms. The zero-order valence-electron chi connectivity index (χ0n) is 15.8. The van der Waals surface area contributed by atoms with E-state index in [9.17, 15) is 49.1 Å². The maximum absolute atomic E-state index is 14.1. The molecule has 0 spiro atoms. The summed E-state index contributed by atoms with van der Waals surface area (Å²) in [6, 6.07) is 4.89. The molecule has 0 aliphatic heterocycles. The Balaban J connectivity index is 3.11. The van der Waals surface area contributed by atoms with Gasteiger partial charge in [0, 0.05) is 0 Å². The minimum atomic E-state index is -7.15. The van der Waals surface area contributed by atoms with Gasteiger partial charge >= 0.3 is 36.0 Å². The molecular formula is C17H16F9NO4. The third-order valence-corrected chi connectivity index (χ3v) is 4.18. The molecule has 0 fully saturated rings. The summed E-state index contributed by atoms with van der Waals surface area (Å²) in [4.78, 5) is 23.5. The van der Waals surface area contributed by atoms with Crippen LogP contribution in [0.4, 0.5) is 44.3 Å². The minimum Gasteiger partial charge on any atom is -0.467 e. The zero-order valence-corrected chi connectivity index (χ0v) is 15.8. The fourth-order valence-corrected chi connectivity index (χ4v) is 2.29. The maximum atomic E-state index is 14.1. The third kappa shape index (κ3) is 5.34. The first kappa shape index (κ1) is 26.4. The lowest BCUT2D eigenvalue weighted by Gasteiger charge is -2.38. The first-order valence-electron chi connectivity index (χ1n) is 8.26. The summed E-state index contributed by atoms with van der Waals surface area (Å²) in [6.07, 6.45) is -8.64. The van der Waals surface area contributed by atoms with E-state index in [-0.39, 0.29) is 6.92 Å². The number of ether oxygens (including phenoxy) is 2. The van der Waals surface area contributed by atoms with Crippen LogP contribution in [0.25, 0.3) is 0 Å². The largest absolute Gasteiger partial charge is 0.467 e. The summed E-state index contributed by atoms with van der Waals surface area (Å²) in [5.41, 5.74) is 0.391. The molecule has 0 heterocycles. The highest BCUT2D eigenvalue weighted by Crippen LogP contribution is 2.55. The number of methoxy groups -OCH3 is 1. The quantitative estimate of drug-likeness (QED) is 0.448. The fraction of sp³-hybridized carbons (Fsp3) is 0.529. The maximum Gasteiger partial charge on any atom is 0.460 e. The summed E-state index contributed by atoms with van der Waals surface area (Å²) in [6.45, 7) is -0.396. The number of carbonyl (C=O) groups excluding carboxylic acids is 2. The highest BCUT2D eigenvalue weighted by Gasteiger charge is 2.83.